The van der Waals surface area contributed by atoms with Crippen molar-refractivity contribution in [3.05, 3.63) is 32.8 Å². The van der Waals surface area contributed by atoms with Crippen molar-refractivity contribution >= 4 is 28.9 Å². The molecule has 0 fully saturated rings. The smallest absolute Gasteiger partial charge is 0.295 e. The van der Waals surface area contributed by atoms with E-state index in [9.17, 15) is 14.9 Å². The highest BCUT2D eigenvalue weighted by Gasteiger charge is 2.20. The maximum absolute atomic E-state index is 12.0. The van der Waals surface area contributed by atoms with Crippen LogP contribution in [0.15, 0.2) is 12.1 Å². The molecule has 0 radical (unpaired) electrons. The number of halogens is 1. The van der Waals surface area contributed by atoms with E-state index in [1.165, 1.54) is 6.07 Å². The van der Waals surface area contributed by atoms with Crippen molar-refractivity contribution in [2.75, 3.05) is 12.0 Å². The molecule has 1 aromatic carbocycles. The molecule has 0 heterocycles. The minimum Gasteiger partial charge on any atom is -0.352 e. The van der Waals surface area contributed by atoms with Gasteiger partial charge in [0.25, 0.3) is 11.6 Å². The minimum absolute atomic E-state index is 0.0157. The third-order valence-electron chi connectivity index (χ3n) is 2.92. The van der Waals surface area contributed by atoms with E-state index in [1.54, 1.807) is 0 Å². The highest BCUT2D eigenvalue weighted by atomic mass is 35.5. The quantitative estimate of drug-likeness (QED) is 0.310. The number of carbonyl (C=O) groups excluding carboxylic acids is 1. The van der Waals surface area contributed by atoms with Gasteiger partial charge < -0.3 is 10.7 Å². The summed E-state index contributed by atoms with van der Waals surface area (Å²) in [5, 5.41) is 13.7. The third kappa shape index (κ3) is 4.87. The Morgan fingerprint density at radius 1 is 1.48 bits per heavy atom. The zero-order valence-electron chi connectivity index (χ0n) is 12.0. The molecule has 0 aliphatic heterocycles. The van der Waals surface area contributed by atoms with E-state index >= 15 is 0 Å². The molecule has 1 aromatic rings. The molecule has 0 unspecified atom stereocenters. The Kier molecular flexibility index (Phi) is 6.39. The van der Waals surface area contributed by atoms with E-state index in [-0.39, 0.29) is 22.0 Å². The van der Waals surface area contributed by atoms with Crippen LogP contribution in [0, 0.1) is 16.0 Å². The first-order valence-corrected chi connectivity index (χ1v) is 6.97. The summed E-state index contributed by atoms with van der Waals surface area (Å²) in [5.74, 6) is 5.37. The Morgan fingerprint density at radius 2 is 2.14 bits per heavy atom. The number of nitrogens with one attached hydrogen (secondary N) is 2. The van der Waals surface area contributed by atoms with Gasteiger partial charge >= 0.3 is 0 Å². The molecule has 1 rings (SSSR count). The summed E-state index contributed by atoms with van der Waals surface area (Å²) in [7, 11) is 0. The van der Waals surface area contributed by atoms with Crippen LogP contribution in [-0.2, 0) is 0 Å². The molecule has 0 bridgehead atoms. The second-order valence-electron chi connectivity index (χ2n) is 5.05. The van der Waals surface area contributed by atoms with Crippen LogP contribution < -0.4 is 16.6 Å². The zero-order valence-corrected chi connectivity index (χ0v) is 12.7. The predicted octanol–water partition coefficient (Wildman–Crippen LogP) is 2.70. The van der Waals surface area contributed by atoms with Crippen molar-refractivity contribution in [3.63, 3.8) is 0 Å². The molecular weight excluding hydrogens is 296 g/mol. The number of nitrogens with two attached hydrogens (primary N) is 1. The Labute approximate surface area is 128 Å². The highest BCUT2D eigenvalue weighted by Crippen LogP contribution is 2.32. The van der Waals surface area contributed by atoms with E-state index in [4.69, 9.17) is 17.4 Å². The summed E-state index contributed by atoms with van der Waals surface area (Å²) in [6.07, 6.45) is 1.85. The lowest BCUT2D eigenvalue weighted by molar-refractivity contribution is -0.384. The fraction of sp³-hybridized carbons (Fsp3) is 0.462. The number of hydrogen-bond acceptors (Lipinski definition) is 5. The van der Waals surface area contributed by atoms with Gasteiger partial charge in [0.2, 0.25) is 0 Å². The number of nitrogens with zero attached hydrogens (tertiary/aromatic N) is 1. The highest BCUT2D eigenvalue weighted by molar-refractivity contribution is 6.34. The third-order valence-corrected chi connectivity index (χ3v) is 3.21. The van der Waals surface area contributed by atoms with Crippen LogP contribution in [0.2, 0.25) is 5.02 Å². The van der Waals surface area contributed by atoms with Crippen molar-refractivity contribution in [1.29, 1.82) is 0 Å². The number of amides is 1. The Hall–Kier alpha value is -1.86. The molecule has 0 aliphatic rings. The summed E-state index contributed by atoms with van der Waals surface area (Å²) in [6.45, 7) is 4.71. The number of nitro benzene ring substituents is 1. The maximum atomic E-state index is 12.0. The van der Waals surface area contributed by atoms with Gasteiger partial charge in [-0.2, -0.15) is 0 Å². The first-order chi connectivity index (χ1) is 9.86. The molecule has 0 spiro atoms. The van der Waals surface area contributed by atoms with Crippen LogP contribution in [0.1, 0.15) is 37.0 Å². The molecule has 1 amide bonds. The predicted molar refractivity (Wildman–Crippen MR) is 82.3 cm³/mol. The van der Waals surface area contributed by atoms with Gasteiger partial charge in [-0.3, -0.25) is 20.8 Å². The summed E-state index contributed by atoms with van der Waals surface area (Å²) in [4.78, 5) is 22.3. The average Bonchev–Trinajstić information content (AvgIpc) is 2.42. The van der Waals surface area contributed by atoms with Crippen LogP contribution >= 0.6 is 11.6 Å². The molecule has 0 atom stereocenters. The normalized spacial score (nSPS) is 10.5. The number of nitro groups is 1. The van der Waals surface area contributed by atoms with Gasteiger partial charge in [0.05, 0.1) is 9.95 Å². The number of rotatable bonds is 7. The van der Waals surface area contributed by atoms with E-state index in [0.29, 0.717) is 12.5 Å². The molecule has 0 aliphatic carbocycles. The molecule has 4 N–H and O–H groups in total. The molecule has 21 heavy (non-hydrogen) atoms. The van der Waals surface area contributed by atoms with Crippen LogP contribution in [0.25, 0.3) is 0 Å². The topological polar surface area (TPSA) is 110 Å². The first kappa shape index (κ1) is 17.2. The SMILES string of the molecule is CC(C)CCCNC(=O)c1cc(Cl)c(NN)c([N+](=O)[O-])c1. The van der Waals surface area contributed by atoms with Gasteiger partial charge in [-0.15, -0.1) is 0 Å². The fourth-order valence-corrected chi connectivity index (χ4v) is 2.09. The van der Waals surface area contributed by atoms with Gasteiger partial charge in [-0.05, 0) is 24.8 Å². The Balaban J connectivity index is 2.83. The van der Waals surface area contributed by atoms with Gasteiger partial charge in [0.1, 0.15) is 5.69 Å². The van der Waals surface area contributed by atoms with E-state index in [2.05, 4.69) is 24.6 Å². The number of carbonyl (C=O) groups is 1. The molecule has 7 nitrogen and oxygen atoms in total. The lowest BCUT2D eigenvalue weighted by atomic mass is 10.1. The van der Waals surface area contributed by atoms with Crippen LogP contribution in [0.5, 0.6) is 0 Å². The number of anilines is 1. The average molecular weight is 315 g/mol. The van der Waals surface area contributed by atoms with Gasteiger partial charge in [-0.1, -0.05) is 25.4 Å². The van der Waals surface area contributed by atoms with Crippen LogP contribution in [-0.4, -0.2) is 17.4 Å². The monoisotopic (exact) mass is 314 g/mol. The van der Waals surface area contributed by atoms with Crippen molar-refractivity contribution in [2.24, 2.45) is 11.8 Å². The molecule has 0 aromatic heterocycles. The van der Waals surface area contributed by atoms with Gasteiger partial charge in [0, 0.05) is 18.2 Å². The summed E-state index contributed by atoms with van der Waals surface area (Å²) >= 11 is 5.90. The lowest BCUT2D eigenvalue weighted by Crippen LogP contribution is -2.25. The van der Waals surface area contributed by atoms with E-state index < -0.39 is 10.8 Å². The van der Waals surface area contributed by atoms with E-state index in [0.717, 1.165) is 18.9 Å². The molecular formula is C13H19ClN4O3. The molecule has 8 heteroatoms. The van der Waals surface area contributed by atoms with Crippen LogP contribution in [0.4, 0.5) is 11.4 Å². The second kappa shape index (κ2) is 7.80. The zero-order chi connectivity index (χ0) is 16.0. The van der Waals surface area contributed by atoms with Gasteiger partial charge in [-0.25, -0.2) is 0 Å². The van der Waals surface area contributed by atoms with Crippen LogP contribution in [0.3, 0.4) is 0 Å². The summed E-state index contributed by atoms with van der Waals surface area (Å²) in [6, 6.07) is 2.50. The number of hydrazine groups is 1. The second-order valence-corrected chi connectivity index (χ2v) is 5.45. The minimum atomic E-state index is -0.642. The standard InChI is InChI=1S/C13H19ClN4O3/c1-8(2)4-3-5-16-13(19)9-6-10(14)12(17-15)11(7-9)18(20)21/h6-8,17H,3-5,15H2,1-2H3,(H,16,19). The van der Waals surface area contributed by atoms with Crippen molar-refractivity contribution in [1.82, 2.24) is 5.32 Å². The molecule has 0 saturated carbocycles. The van der Waals surface area contributed by atoms with Crippen molar-refractivity contribution < 1.29 is 9.72 Å². The van der Waals surface area contributed by atoms with Gasteiger partial charge in [0.15, 0.2) is 0 Å². The summed E-state index contributed by atoms with van der Waals surface area (Å²) < 4.78 is 0. The largest absolute Gasteiger partial charge is 0.352 e. The number of benzene rings is 1. The Bertz CT molecular complexity index is 534. The first-order valence-electron chi connectivity index (χ1n) is 6.59. The molecule has 116 valence electrons. The Morgan fingerprint density at radius 3 is 2.67 bits per heavy atom. The maximum Gasteiger partial charge on any atom is 0.295 e. The fourth-order valence-electron chi connectivity index (χ4n) is 1.82. The number of nitrogen functional groups attached to an aromatic ring is 1. The summed E-state index contributed by atoms with van der Waals surface area (Å²) in [5.41, 5.74) is 1.95. The van der Waals surface area contributed by atoms with Crippen molar-refractivity contribution in [3.8, 4) is 0 Å². The van der Waals surface area contributed by atoms with E-state index in [1.807, 2.05) is 0 Å². The lowest BCUT2D eigenvalue weighted by Gasteiger charge is -2.09. The van der Waals surface area contributed by atoms with Crippen molar-refractivity contribution in [2.45, 2.75) is 26.7 Å². The number of hydrogen-bond donors (Lipinski definition) is 3. The molecule has 0 saturated heterocycles.